The number of unbranched alkanes of at least 4 members (excludes halogenated alkanes) is 1. The van der Waals surface area contributed by atoms with Gasteiger partial charge in [0.05, 0.1) is 16.7 Å². The van der Waals surface area contributed by atoms with Crippen molar-refractivity contribution in [1.29, 1.82) is 0 Å². The van der Waals surface area contributed by atoms with Crippen LogP contribution in [0.4, 0.5) is 8.78 Å². The average molecular weight is 559 g/mol. The zero-order valence-corrected chi connectivity index (χ0v) is 26.0. The van der Waals surface area contributed by atoms with E-state index in [1.165, 1.54) is 23.3 Å². The van der Waals surface area contributed by atoms with Crippen molar-refractivity contribution in [2.24, 2.45) is 0 Å². The van der Waals surface area contributed by atoms with E-state index in [1.807, 2.05) is 46.8 Å². The standard InChI is InChI=1S/C31H32F2N4.2C2H6/c1-6-7-17-37-26-16-15-24(31(5,32)33)18-25(26)35-30(37)23-13-11-22(12-14-23)28-21(4)34-29(36-28)27-19(2)9-8-10-20(27)3;2*1-2/h8-16,18H,6-7,17H2,1-5H3,(H,34,36);2*1-2H3. The molecular formula is C35H44F2N4. The average Bonchev–Trinajstić information content (AvgIpc) is 3.53. The van der Waals surface area contributed by atoms with Crippen molar-refractivity contribution in [3.05, 3.63) is 83.0 Å². The van der Waals surface area contributed by atoms with Crippen molar-refractivity contribution in [3.8, 4) is 34.0 Å². The fourth-order valence-electron chi connectivity index (χ4n) is 4.99. The number of H-pyrrole nitrogens is 1. The van der Waals surface area contributed by atoms with Gasteiger partial charge in [0, 0.05) is 41.4 Å². The van der Waals surface area contributed by atoms with Gasteiger partial charge in [0.15, 0.2) is 0 Å². The summed E-state index contributed by atoms with van der Waals surface area (Å²) in [5, 5.41) is 0. The van der Waals surface area contributed by atoms with E-state index in [0.717, 1.165) is 71.6 Å². The molecule has 3 aromatic carbocycles. The Balaban J connectivity index is 0.00000111. The summed E-state index contributed by atoms with van der Waals surface area (Å²) in [4.78, 5) is 13.2. The second-order valence-electron chi connectivity index (χ2n) is 9.94. The summed E-state index contributed by atoms with van der Waals surface area (Å²) in [6.45, 7) is 18.1. The number of imidazole rings is 2. The Labute approximate surface area is 243 Å². The molecule has 0 saturated heterocycles. The van der Waals surface area contributed by atoms with Crippen molar-refractivity contribution >= 4 is 11.0 Å². The summed E-state index contributed by atoms with van der Waals surface area (Å²) < 4.78 is 30.1. The van der Waals surface area contributed by atoms with Crippen LogP contribution in [-0.2, 0) is 12.5 Å². The van der Waals surface area contributed by atoms with Crippen LogP contribution in [0.3, 0.4) is 0 Å². The van der Waals surface area contributed by atoms with Gasteiger partial charge in [-0.1, -0.05) is 89.6 Å². The van der Waals surface area contributed by atoms with Gasteiger partial charge < -0.3 is 9.55 Å². The fraction of sp³-hybridized carbons (Fsp3) is 0.371. The summed E-state index contributed by atoms with van der Waals surface area (Å²) in [6, 6.07) is 19.3. The van der Waals surface area contributed by atoms with Crippen LogP contribution in [0, 0.1) is 20.8 Å². The van der Waals surface area contributed by atoms with Crippen LogP contribution in [0.2, 0.25) is 0 Å². The molecule has 0 unspecified atom stereocenters. The smallest absolute Gasteiger partial charge is 0.270 e. The first-order valence-corrected chi connectivity index (χ1v) is 14.8. The van der Waals surface area contributed by atoms with E-state index in [2.05, 4.69) is 60.7 Å². The molecule has 0 aliphatic rings. The molecule has 1 N–H and O–H groups in total. The first kappa shape index (κ1) is 31.7. The highest BCUT2D eigenvalue weighted by Gasteiger charge is 2.25. The summed E-state index contributed by atoms with van der Waals surface area (Å²) >= 11 is 0. The Bertz CT molecular complexity index is 1550. The highest BCUT2D eigenvalue weighted by Crippen LogP contribution is 2.34. The van der Waals surface area contributed by atoms with Crippen LogP contribution in [0.5, 0.6) is 0 Å². The highest BCUT2D eigenvalue weighted by molar-refractivity contribution is 5.82. The minimum atomic E-state index is -2.90. The van der Waals surface area contributed by atoms with Crippen molar-refractivity contribution < 1.29 is 8.78 Å². The van der Waals surface area contributed by atoms with Gasteiger partial charge >= 0.3 is 0 Å². The maximum absolute atomic E-state index is 14.0. The van der Waals surface area contributed by atoms with E-state index in [9.17, 15) is 8.78 Å². The van der Waals surface area contributed by atoms with Crippen molar-refractivity contribution in [3.63, 3.8) is 0 Å². The Morgan fingerprint density at radius 1 is 0.829 bits per heavy atom. The number of rotatable bonds is 7. The molecule has 0 atom stereocenters. The number of nitrogens with one attached hydrogen (secondary N) is 1. The highest BCUT2D eigenvalue weighted by atomic mass is 19.3. The Morgan fingerprint density at radius 2 is 1.44 bits per heavy atom. The van der Waals surface area contributed by atoms with Crippen molar-refractivity contribution in [1.82, 2.24) is 19.5 Å². The number of alkyl halides is 2. The summed E-state index contributed by atoms with van der Waals surface area (Å²) in [5.41, 5.74) is 8.84. The summed E-state index contributed by atoms with van der Waals surface area (Å²) in [6.07, 6.45) is 2.01. The molecule has 0 bridgehead atoms. The minimum absolute atomic E-state index is 0.0178. The number of aryl methyl sites for hydroxylation is 4. The topological polar surface area (TPSA) is 46.5 Å². The zero-order chi connectivity index (χ0) is 30.3. The molecule has 41 heavy (non-hydrogen) atoms. The van der Waals surface area contributed by atoms with Crippen molar-refractivity contribution in [2.75, 3.05) is 0 Å². The SMILES string of the molecule is CC.CC.CCCCn1c(-c2ccc(-c3nc(-c4c(C)cccc4C)[nH]c3C)cc2)nc2cc(C(C)(F)F)ccc21. The van der Waals surface area contributed by atoms with E-state index < -0.39 is 5.92 Å². The van der Waals surface area contributed by atoms with Gasteiger partial charge in [-0.3, -0.25) is 0 Å². The molecule has 0 radical (unpaired) electrons. The summed E-state index contributed by atoms with van der Waals surface area (Å²) in [5.74, 6) is -1.24. The lowest BCUT2D eigenvalue weighted by Gasteiger charge is -2.11. The quantitative estimate of drug-likeness (QED) is 0.216. The van der Waals surface area contributed by atoms with Gasteiger partial charge in [0.25, 0.3) is 5.92 Å². The molecule has 2 aromatic heterocycles. The van der Waals surface area contributed by atoms with Crippen LogP contribution < -0.4 is 0 Å². The van der Waals surface area contributed by atoms with Gasteiger partial charge in [-0.05, 0) is 50.5 Å². The summed E-state index contributed by atoms with van der Waals surface area (Å²) in [7, 11) is 0. The fourth-order valence-corrected chi connectivity index (χ4v) is 4.99. The van der Waals surface area contributed by atoms with E-state index in [0.29, 0.717) is 5.52 Å². The minimum Gasteiger partial charge on any atom is -0.342 e. The molecule has 0 aliphatic heterocycles. The van der Waals surface area contributed by atoms with E-state index in [4.69, 9.17) is 9.97 Å². The molecule has 5 rings (SSSR count). The van der Waals surface area contributed by atoms with Gasteiger partial charge in [0.2, 0.25) is 0 Å². The molecular weight excluding hydrogens is 514 g/mol. The predicted molar refractivity (Wildman–Crippen MR) is 170 cm³/mol. The third-order valence-electron chi connectivity index (χ3n) is 7.01. The molecule has 2 heterocycles. The number of fused-ring (bicyclic) bond motifs is 1. The van der Waals surface area contributed by atoms with Gasteiger partial charge in [-0.25, -0.2) is 18.7 Å². The zero-order valence-electron chi connectivity index (χ0n) is 26.0. The van der Waals surface area contributed by atoms with E-state index in [1.54, 1.807) is 6.07 Å². The first-order chi connectivity index (χ1) is 19.7. The second-order valence-corrected chi connectivity index (χ2v) is 9.94. The normalized spacial score (nSPS) is 11.1. The predicted octanol–water partition coefficient (Wildman–Crippen LogP) is 10.6. The second kappa shape index (κ2) is 13.7. The lowest BCUT2D eigenvalue weighted by molar-refractivity contribution is 0.0176. The van der Waals surface area contributed by atoms with Gasteiger partial charge in [-0.15, -0.1) is 0 Å². The van der Waals surface area contributed by atoms with Crippen LogP contribution in [0.15, 0.2) is 60.7 Å². The van der Waals surface area contributed by atoms with Gasteiger partial charge in [-0.2, -0.15) is 0 Å². The maximum Gasteiger partial charge on any atom is 0.270 e. The Hall–Kier alpha value is -3.80. The van der Waals surface area contributed by atoms with Gasteiger partial charge in [0.1, 0.15) is 11.6 Å². The number of aromatic nitrogens is 4. The van der Waals surface area contributed by atoms with Crippen LogP contribution >= 0.6 is 0 Å². The van der Waals surface area contributed by atoms with E-state index >= 15 is 0 Å². The molecule has 218 valence electrons. The number of halogens is 2. The number of hydrogen-bond acceptors (Lipinski definition) is 2. The number of aromatic amines is 1. The lowest BCUT2D eigenvalue weighted by Crippen LogP contribution is -2.06. The number of hydrogen-bond donors (Lipinski definition) is 1. The number of nitrogens with zero attached hydrogens (tertiary/aromatic N) is 3. The van der Waals surface area contributed by atoms with Crippen LogP contribution in [-0.4, -0.2) is 19.5 Å². The lowest BCUT2D eigenvalue weighted by atomic mass is 10.0. The largest absolute Gasteiger partial charge is 0.342 e. The number of benzene rings is 3. The third-order valence-corrected chi connectivity index (χ3v) is 7.01. The molecule has 0 saturated carbocycles. The molecule has 0 spiro atoms. The molecule has 5 aromatic rings. The van der Waals surface area contributed by atoms with Crippen LogP contribution in [0.25, 0.3) is 45.1 Å². The van der Waals surface area contributed by atoms with Crippen LogP contribution in [0.1, 0.15) is 76.8 Å². The molecule has 6 heteroatoms. The van der Waals surface area contributed by atoms with Crippen molar-refractivity contribution in [2.45, 2.75) is 87.6 Å². The third kappa shape index (κ3) is 6.75. The Kier molecular flexibility index (Phi) is 10.6. The molecule has 0 amide bonds. The molecule has 0 aliphatic carbocycles. The van der Waals surface area contributed by atoms with E-state index in [-0.39, 0.29) is 5.56 Å². The monoisotopic (exact) mass is 558 g/mol. The molecule has 0 fully saturated rings. The molecule has 4 nitrogen and oxygen atoms in total. The first-order valence-electron chi connectivity index (χ1n) is 14.8. The Morgan fingerprint density at radius 3 is 2.02 bits per heavy atom. The maximum atomic E-state index is 14.0.